The van der Waals surface area contributed by atoms with E-state index in [0.717, 1.165) is 25.7 Å². The molecule has 0 radical (unpaired) electrons. The third-order valence-corrected chi connectivity index (χ3v) is 4.24. The lowest BCUT2D eigenvalue weighted by Gasteiger charge is -2.17. The molecule has 1 aliphatic carbocycles. The van der Waals surface area contributed by atoms with Gasteiger partial charge in [-0.25, -0.2) is 9.89 Å². The lowest BCUT2D eigenvalue weighted by atomic mass is 10.1. The van der Waals surface area contributed by atoms with E-state index >= 15 is 0 Å². The second-order valence-corrected chi connectivity index (χ2v) is 5.98. The number of fused-ring (bicyclic) bond motifs is 1. The molecule has 0 saturated heterocycles. The monoisotopic (exact) mass is 329 g/mol. The van der Waals surface area contributed by atoms with Gasteiger partial charge in [0.2, 0.25) is 0 Å². The lowest BCUT2D eigenvalue weighted by molar-refractivity contribution is -0.129. The Morgan fingerprint density at radius 1 is 1.25 bits per heavy atom. The van der Waals surface area contributed by atoms with E-state index in [1.54, 1.807) is 24.3 Å². The van der Waals surface area contributed by atoms with Crippen molar-refractivity contribution in [1.29, 1.82) is 0 Å². The summed E-state index contributed by atoms with van der Waals surface area (Å²) < 4.78 is 5.22. The average molecular weight is 329 g/mol. The van der Waals surface area contributed by atoms with E-state index in [-0.39, 0.29) is 23.2 Å². The van der Waals surface area contributed by atoms with Crippen molar-refractivity contribution in [2.75, 3.05) is 0 Å². The van der Waals surface area contributed by atoms with Gasteiger partial charge in [-0.2, -0.15) is 5.10 Å². The first-order valence-electron chi connectivity index (χ1n) is 8.05. The number of aromatic nitrogens is 2. The molecular formula is C17H19N3O4. The number of H-pyrrole nitrogens is 1. The van der Waals surface area contributed by atoms with Crippen LogP contribution < -0.4 is 10.9 Å². The highest BCUT2D eigenvalue weighted by Gasteiger charge is 2.25. The predicted molar refractivity (Wildman–Crippen MR) is 87.6 cm³/mol. The largest absolute Gasteiger partial charge is 0.448 e. The zero-order valence-electron chi connectivity index (χ0n) is 13.4. The molecule has 1 heterocycles. The van der Waals surface area contributed by atoms with Gasteiger partial charge in [0.05, 0.1) is 5.39 Å². The standard InChI is InChI=1S/C17H19N3O4/c1-10(15(21)18-11-6-2-3-7-11)24-17(23)14-12-8-4-5-9-13(12)16(22)20-19-14/h4-5,8-11H,2-3,6-7H2,1H3,(H,18,21)(H,20,22)/t10-/m1/s1. The second kappa shape index (κ2) is 6.82. The van der Waals surface area contributed by atoms with Gasteiger partial charge in [-0.1, -0.05) is 31.0 Å². The van der Waals surface area contributed by atoms with Gasteiger partial charge in [-0.05, 0) is 25.8 Å². The highest BCUT2D eigenvalue weighted by atomic mass is 16.5. The molecule has 1 fully saturated rings. The first-order chi connectivity index (χ1) is 11.6. The first kappa shape index (κ1) is 16.2. The molecule has 1 aromatic heterocycles. The van der Waals surface area contributed by atoms with Gasteiger partial charge in [0.15, 0.2) is 11.8 Å². The molecular weight excluding hydrogens is 310 g/mol. The molecule has 1 saturated carbocycles. The van der Waals surface area contributed by atoms with Crippen LogP contribution in [-0.2, 0) is 9.53 Å². The lowest BCUT2D eigenvalue weighted by Crippen LogP contribution is -2.41. The van der Waals surface area contributed by atoms with Crippen molar-refractivity contribution in [2.24, 2.45) is 0 Å². The number of nitrogens with one attached hydrogen (secondary N) is 2. The van der Waals surface area contributed by atoms with E-state index in [9.17, 15) is 14.4 Å². The van der Waals surface area contributed by atoms with Gasteiger partial charge in [-0.15, -0.1) is 0 Å². The Labute approximate surface area is 138 Å². The van der Waals surface area contributed by atoms with Crippen LogP contribution in [0.2, 0.25) is 0 Å². The summed E-state index contributed by atoms with van der Waals surface area (Å²) in [4.78, 5) is 36.2. The number of hydrogen-bond donors (Lipinski definition) is 2. The minimum Gasteiger partial charge on any atom is -0.448 e. The minimum absolute atomic E-state index is 0.00860. The number of rotatable bonds is 4. The average Bonchev–Trinajstić information content (AvgIpc) is 3.08. The molecule has 1 amide bonds. The van der Waals surface area contributed by atoms with Crippen LogP contribution in [-0.4, -0.2) is 34.2 Å². The Morgan fingerprint density at radius 2 is 1.92 bits per heavy atom. The van der Waals surface area contributed by atoms with E-state index in [0.29, 0.717) is 10.8 Å². The number of esters is 1. The number of carbonyl (C=O) groups is 2. The van der Waals surface area contributed by atoms with Gasteiger partial charge in [0.25, 0.3) is 11.5 Å². The Morgan fingerprint density at radius 3 is 2.62 bits per heavy atom. The van der Waals surface area contributed by atoms with Crippen molar-refractivity contribution in [2.45, 2.75) is 44.8 Å². The maximum Gasteiger partial charge on any atom is 0.360 e. The van der Waals surface area contributed by atoms with E-state index in [1.807, 2.05) is 0 Å². The number of carbonyl (C=O) groups excluding carboxylic acids is 2. The molecule has 7 nitrogen and oxygen atoms in total. The molecule has 0 spiro atoms. The molecule has 2 N–H and O–H groups in total. The maximum atomic E-state index is 12.3. The number of amides is 1. The zero-order chi connectivity index (χ0) is 17.1. The van der Waals surface area contributed by atoms with Crippen LogP contribution in [0.4, 0.5) is 0 Å². The van der Waals surface area contributed by atoms with Crippen LogP contribution in [0.15, 0.2) is 29.1 Å². The Hall–Kier alpha value is -2.70. The van der Waals surface area contributed by atoms with E-state index in [2.05, 4.69) is 15.5 Å². The molecule has 2 aromatic rings. The van der Waals surface area contributed by atoms with E-state index in [1.165, 1.54) is 6.92 Å². The van der Waals surface area contributed by atoms with Crippen LogP contribution >= 0.6 is 0 Å². The molecule has 0 bridgehead atoms. The van der Waals surface area contributed by atoms with Crippen LogP contribution in [0.1, 0.15) is 43.1 Å². The van der Waals surface area contributed by atoms with Crippen LogP contribution in [0.5, 0.6) is 0 Å². The molecule has 7 heteroatoms. The SMILES string of the molecule is C[C@@H](OC(=O)c1n[nH]c(=O)c2ccccc12)C(=O)NC1CCCC1. The third-order valence-electron chi connectivity index (χ3n) is 4.24. The summed E-state index contributed by atoms with van der Waals surface area (Å²) in [5.74, 6) is -1.06. The smallest absolute Gasteiger partial charge is 0.360 e. The molecule has 0 aliphatic heterocycles. The van der Waals surface area contributed by atoms with Crippen molar-refractivity contribution >= 4 is 22.6 Å². The maximum absolute atomic E-state index is 12.3. The summed E-state index contributed by atoms with van der Waals surface area (Å²) in [6.45, 7) is 1.52. The topological polar surface area (TPSA) is 101 Å². The number of hydrogen-bond acceptors (Lipinski definition) is 5. The van der Waals surface area contributed by atoms with E-state index in [4.69, 9.17) is 4.74 Å². The molecule has 1 aromatic carbocycles. The predicted octanol–water partition coefficient (Wildman–Crippen LogP) is 1.53. The Balaban J connectivity index is 1.74. The fraction of sp³-hybridized carbons (Fsp3) is 0.412. The third kappa shape index (κ3) is 3.29. The number of ether oxygens (including phenoxy) is 1. The second-order valence-electron chi connectivity index (χ2n) is 5.98. The summed E-state index contributed by atoms with van der Waals surface area (Å²) in [6.07, 6.45) is 3.20. The Bertz CT molecular complexity index is 824. The Kier molecular flexibility index (Phi) is 4.59. The van der Waals surface area contributed by atoms with Crippen LogP contribution in [0.3, 0.4) is 0 Å². The summed E-state index contributed by atoms with van der Waals surface area (Å²) in [7, 11) is 0. The van der Waals surface area contributed by atoms with Gasteiger partial charge in [-0.3, -0.25) is 9.59 Å². The van der Waals surface area contributed by atoms with Crippen LogP contribution in [0.25, 0.3) is 10.8 Å². The fourth-order valence-electron chi connectivity index (χ4n) is 2.93. The fourth-order valence-corrected chi connectivity index (χ4v) is 2.93. The number of nitrogens with zero attached hydrogens (tertiary/aromatic N) is 1. The molecule has 1 atom stereocenters. The van der Waals surface area contributed by atoms with Crippen LogP contribution in [0, 0.1) is 0 Å². The van der Waals surface area contributed by atoms with Gasteiger partial charge in [0, 0.05) is 11.4 Å². The van der Waals surface area contributed by atoms with Crippen molar-refractivity contribution < 1.29 is 14.3 Å². The van der Waals surface area contributed by atoms with Gasteiger partial charge < -0.3 is 10.1 Å². The van der Waals surface area contributed by atoms with Gasteiger partial charge in [0.1, 0.15) is 0 Å². The number of benzene rings is 1. The molecule has 3 rings (SSSR count). The molecule has 24 heavy (non-hydrogen) atoms. The highest BCUT2D eigenvalue weighted by molar-refractivity contribution is 6.02. The van der Waals surface area contributed by atoms with Gasteiger partial charge >= 0.3 is 5.97 Å². The zero-order valence-corrected chi connectivity index (χ0v) is 13.4. The molecule has 0 unspecified atom stereocenters. The van der Waals surface area contributed by atoms with Crippen molar-refractivity contribution in [3.05, 3.63) is 40.3 Å². The first-order valence-corrected chi connectivity index (χ1v) is 8.05. The summed E-state index contributed by atoms with van der Waals surface area (Å²) >= 11 is 0. The number of aromatic amines is 1. The normalized spacial score (nSPS) is 16.0. The van der Waals surface area contributed by atoms with Crippen molar-refractivity contribution in [3.63, 3.8) is 0 Å². The summed E-state index contributed by atoms with van der Waals surface area (Å²) in [5.41, 5.74) is -0.389. The van der Waals surface area contributed by atoms with Crippen molar-refractivity contribution in [1.82, 2.24) is 15.5 Å². The highest BCUT2D eigenvalue weighted by Crippen LogP contribution is 2.18. The quantitative estimate of drug-likeness (QED) is 0.828. The summed E-state index contributed by atoms with van der Waals surface area (Å²) in [6, 6.07) is 6.78. The summed E-state index contributed by atoms with van der Waals surface area (Å²) in [5, 5.41) is 9.69. The minimum atomic E-state index is -0.925. The van der Waals surface area contributed by atoms with E-state index < -0.39 is 12.1 Å². The molecule has 126 valence electrons. The van der Waals surface area contributed by atoms with Crippen molar-refractivity contribution in [3.8, 4) is 0 Å². The molecule has 1 aliphatic rings.